The van der Waals surface area contributed by atoms with Crippen LogP contribution in [0.25, 0.3) is 17.0 Å². The molecule has 0 saturated carbocycles. The summed E-state index contributed by atoms with van der Waals surface area (Å²) in [6, 6.07) is 9.97. The van der Waals surface area contributed by atoms with Gasteiger partial charge in [-0.05, 0) is 17.0 Å². The number of benzene rings is 1. The standard InChI is InChI=1S/C17H17N3O/c1-17(2,3)13-7-5-12(6-8-13)15-14(11-21)20-10-4-9-18-16(20)19-15/h4-11H,1-3H3. The van der Waals surface area contributed by atoms with E-state index in [4.69, 9.17) is 0 Å². The van der Waals surface area contributed by atoms with Crippen molar-refractivity contribution in [1.82, 2.24) is 14.4 Å². The lowest BCUT2D eigenvalue weighted by Gasteiger charge is -2.18. The van der Waals surface area contributed by atoms with Crippen LogP contribution in [-0.2, 0) is 5.41 Å². The van der Waals surface area contributed by atoms with Gasteiger partial charge in [0.25, 0.3) is 0 Å². The van der Waals surface area contributed by atoms with Gasteiger partial charge in [-0.1, -0.05) is 45.0 Å². The van der Waals surface area contributed by atoms with Gasteiger partial charge in [-0.3, -0.25) is 9.20 Å². The quantitative estimate of drug-likeness (QED) is 0.674. The molecule has 0 amide bonds. The molecule has 0 fully saturated rings. The van der Waals surface area contributed by atoms with Gasteiger partial charge in [-0.2, -0.15) is 0 Å². The van der Waals surface area contributed by atoms with Gasteiger partial charge >= 0.3 is 0 Å². The molecular weight excluding hydrogens is 262 g/mol. The van der Waals surface area contributed by atoms with E-state index in [0.29, 0.717) is 17.2 Å². The number of carbonyl (C=O) groups is 1. The van der Waals surface area contributed by atoms with Crippen LogP contribution in [0, 0.1) is 0 Å². The first-order chi connectivity index (χ1) is 10.0. The molecule has 4 heteroatoms. The zero-order chi connectivity index (χ0) is 15.0. The van der Waals surface area contributed by atoms with Gasteiger partial charge in [-0.15, -0.1) is 0 Å². The molecule has 3 rings (SSSR count). The van der Waals surface area contributed by atoms with E-state index in [9.17, 15) is 4.79 Å². The molecule has 106 valence electrons. The summed E-state index contributed by atoms with van der Waals surface area (Å²) in [6.07, 6.45) is 4.30. The third-order valence-corrected chi connectivity index (χ3v) is 3.58. The van der Waals surface area contributed by atoms with Gasteiger partial charge in [0.15, 0.2) is 6.29 Å². The van der Waals surface area contributed by atoms with E-state index in [1.54, 1.807) is 22.9 Å². The highest BCUT2D eigenvalue weighted by molar-refractivity contribution is 5.85. The van der Waals surface area contributed by atoms with Gasteiger partial charge in [0.1, 0.15) is 11.4 Å². The van der Waals surface area contributed by atoms with Crippen molar-refractivity contribution in [3.8, 4) is 11.3 Å². The fourth-order valence-electron chi connectivity index (χ4n) is 2.36. The molecule has 0 atom stereocenters. The summed E-state index contributed by atoms with van der Waals surface area (Å²) in [5.41, 5.74) is 3.48. The maximum atomic E-state index is 11.4. The summed E-state index contributed by atoms with van der Waals surface area (Å²) in [7, 11) is 0. The zero-order valence-electron chi connectivity index (χ0n) is 12.4. The summed E-state index contributed by atoms with van der Waals surface area (Å²) >= 11 is 0. The number of hydrogen-bond acceptors (Lipinski definition) is 3. The van der Waals surface area contributed by atoms with Crippen molar-refractivity contribution in [3.63, 3.8) is 0 Å². The second-order valence-electron chi connectivity index (χ2n) is 6.08. The maximum Gasteiger partial charge on any atom is 0.234 e. The SMILES string of the molecule is CC(C)(C)c1ccc(-c2nc3ncccn3c2C=O)cc1. The molecule has 21 heavy (non-hydrogen) atoms. The normalized spacial score (nSPS) is 11.8. The van der Waals surface area contributed by atoms with E-state index < -0.39 is 0 Å². The monoisotopic (exact) mass is 279 g/mol. The minimum atomic E-state index is 0.104. The molecule has 0 radical (unpaired) electrons. The van der Waals surface area contributed by atoms with E-state index in [2.05, 4.69) is 42.9 Å². The Hall–Kier alpha value is -2.49. The molecule has 0 aliphatic rings. The molecule has 0 saturated heterocycles. The Kier molecular flexibility index (Phi) is 3.09. The van der Waals surface area contributed by atoms with Crippen molar-refractivity contribution in [2.45, 2.75) is 26.2 Å². The number of aromatic nitrogens is 3. The zero-order valence-corrected chi connectivity index (χ0v) is 12.4. The van der Waals surface area contributed by atoms with Crippen LogP contribution in [0.1, 0.15) is 36.8 Å². The summed E-state index contributed by atoms with van der Waals surface area (Å²) in [6.45, 7) is 6.52. The molecule has 1 aromatic carbocycles. The van der Waals surface area contributed by atoms with Crippen LogP contribution >= 0.6 is 0 Å². The van der Waals surface area contributed by atoms with Crippen molar-refractivity contribution in [2.75, 3.05) is 0 Å². The van der Waals surface area contributed by atoms with E-state index in [-0.39, 0.29) is 5.41 Å². The molecule has 4 nitrogen and oxygen atoms in total. The number of aldehydes is 1. The lowest BCUT2D eigenvalue weighted by Crippen LogP contribution is -2.10. The van der Waals surface area contributed by atoms with Crippen LogP contribution in [0.2, 0.25) is 0 Å². The Morgan fingerprint density at radius 2 is 1.86 bits per heavy atom. The van der Waals surface area contributed by atoms with E-state index in [0.717, 1.165) is 11.8 Å². The number of nitrogens with zero attached hydrogens (tertiary/aromatic N) is 3. The molecule has 0 aliphatic carbocycles. The maximum absolute atomic E-state index is 11.4. The van der Waals surface area contributed by atoms with Crippen LogP contribution < -0.4 is 0 Å². The fraction of sp³-hybridized carbons (Fsp3) is 0.235. The number of hydrogen-bond donors (Lipinski definition) is 0. The summed E-state index contributed by atoms with van der Waals surface area (Å²) in [5.74, 6) is 0.537. The molecule has 3 aromatic rings. The Bertz CT molecular complexity index is 795. The van der Waals surface area contributed by atoms with Crippen LogP contribution in [-0.4, -0.2) is 20.7 Å². The molecule has 0 N–H and O–H groups in total. The summed E-state index contributed by atoms with van der Waals surface area (Å²) < 4.78 is 1.71. The Morgan fingerprint density at radius 3 is 2.48 bits per heavy atom. The second-order valence-corrected chi connectivity index (χ2v) is 6.08. The first-order valence-electron chi connectivity index (χ1n) is 6.90. The average Bonchev–Trinajstić information content (AvgIpc) is 2.85. The number of fused-ring (bicyclic) bond motifs is 1. The van der Waals surface area contributed by atoms with Gasteiger partial charge < -0.3 is 0 Å². The molecule has 0 spiro atoms. The van der Waals surface area contributed by atoms with Gasteiger partial charge in [0.05, 0.1) is 0 Å². The van der Waals surface area contributed by atoms with Crippen LogP contribution in [0.3, 0.4) is 0 Å². The second kappa shape index (κ2) is 4.81. The van der Waals surface area contributed by atoms with E-state index in [1.807, 2.05) is 12.1 Å². The number of imidazole rings is 1. The van der Waals surface area contributed by atoms with Crippen molar-refractivity contribution >= 4 is 12.1 Å². The number of carbonyl (C=O) groups excluding carboxylic acids is 1. The topological polar surface area (TPSA) is 47.3 Å². The third kappa shape index (κ3) is 2.33. The Balaban J connectivity index is 2.14. The average molecular weight is 279 g/mol. The molecule has 2 aromatic heterocycles. The molecule has 0 unspecified atom stereocenters. The van der Waals surface area contributed by atoms with Crippen molar-refractivity contribution < 1.29 is 4.79 Å². The van der Waals surface area contributed by atoms with Gasteiger partial charge in [0, 0.05) is 18.0 Å². The van der Waals surface area contributed by atoms with Crippen molar-refractivity contribution in [3.05, 3.63) is 54.0 Å². The van der Waals surface area contributed by atoms with Crippen LogP contribution in [0.5, 0.6) is 0 Å². The summed E-state index contributed by atoms with van der Waals surface area (Å²) in [5, 5.41) is 0. The van der Waals surface area contributed by atoms with Gasteiger partial charge in [0.2, 0.25) is 5.78 Å². The fourth-order valence-corrected chi connectivity index (χ4v) is 2.36. The van der Waals surface area contributed by atoms with Gasteiger partial charge in [-0.25, -0.2) is 9.97 Å². The van der Waals surface area contributed by atoms with Crippen molar-refractivity contribution in [1.29, 1.82) is 0 Å². The minimum Gasteiger partial charge on any atom is -0.296 e. The highest BCUT2D eigenvalue weighted by Crippen LogP contribution is 2.27. The summed E-state index contributed by atoms with van der Waals surface area (Å²) in [4.78, 5) is 20.1. The van der Waals surface area contributed by atoms with Crippen LogP contribution in [0.4, 0.5) is 0 Å². The molecule has 0 aliphatic heterocycles. The van der Waals surface area contributed by atoms with E-state index in [1.165, 1.54) is 5.56 Å². The highest BCUT2D eigenvalue weighted by atomic mass is 16.1. The third-order valence-electron chi connectivity index (χ3n) is 3.58. The van der Waals surface area contributed by atoms with Crippen molar-refractivity contribution in [2.24, 2.45) is 0 Å². The first-order valence-corrected chi connectivity index (χ1v) is 6.90. The predicted octanol–water partition coefficient (Wildman–Crippen LogP) is 3.51. The highest BCUT2D eigenvalue weighted by Gasteiger charge is 2.16. The largest absolute Gasteiger partial charge is 0.296 e. The lowest BCUT2D eigenvalue weighted by atomic mass is 9.86. The van der Waals surface area contributed by atoms with E-state index >= 15 is 0 Å². The Morgan fingerprint density at radius 1 is 1.14 bits per heavy atom. The molecule has 0 bridgehead atoms. The minimum absolute atomic E-state index is 0.104. The van der Waals surface area contributed by atoms with Crippen LogP contribution in [0.15, 0.2) is 42.7 Å². The Labute approximate surface area is 123 Å². The smallest absolute Gasteiger partial charge is 0.234 e. The predicted molar refractivity (Wildman–Crippen MR) is 82.5 cm³/mol. The molecular formula is C17H17N3O. The number of rotatable bonds is 2. The molecule has 2 heterocycles. The first kappa shape index (κ1) is 13.5. The lowest BCUT2D eigenvalue weighted by molar-refractivity contribution is 0.111.